The van der Waals surface area contributed by atoms with E-state index in [1.165, 1.54) is 23.5 Å². The summed E-state index contributed by atoms with van der Waals surface area (Å²) in [5.74, 6) is 0. The average molecular weight is 322 g/mol. The second kappa shape index (κ2) is 14.0. The van der Waals surface area contributed by atoms with Crippen LogP contribution in [0.3, 0.4) is 0 Å². The molecule has 0 unspecified atom stereocenters. The lowest BCUT2D eigenvalue weighted by Crippen LogP contribution is -2.38. The molecule has 0 rings (SSSR count). The Hall–Kier alpha value is -1.42. The van der Waals surface area contributed by atoms with Gasteiger partial charge in [0.2, 0.25) is 0 Å². The molecule has 0 aliphatic rings. The van der Waals surface area contributed by atoms with Crippen molar-refractivity contribution < 1.29 is 9.59 Å². The molecule has 0 saturated carbocycles. The van der Waals surface area contributed by atoms with Gasteiger partial charge in [-0.3, -0.25) is 10.7 Å². The average Bonchev–Trinajstić information content (AvgIpc) is 2.39. The number of hydrogen-bond acceptors (Lipinski definition) is 5. The van der Waals surface area contributed by atoms with Crippen LogP contribution in [0.25, 0.3) is 0 Å². The summed E-state index contributed by atoms with van der Waals surface area (Å²) in [6.45, 7) is 4.63. The van der Waals surface area contributed by atoms with E-state index in [4.69, 9.17) is 11.1 Å². The van der Waals surface area contributed by atoms with Gasteiger partial charge in [-0.05, 0) is 26.4 Å². The molecule has 0 aromatic heterocycles. The van der Waals surface area contributed by atoms with Gasteiger partial charge >= 0.3 is 12.1 Å². The standard InChI is InChI=1S/C8H16N4O2S.C2H6N2S/c1-4-9-6(13)11-8(15-3)12-7(14)10-5-2;1-5-2(3)4/h4-5H2,1-3H3,(H3,9,10,11,12,13,14);1H3,(H3,3,4). The van der Waals surface area contributed by atoms with Gasteiger partial charge < -0.3 is 16.4 Å². The van der Waals surface area contributed by atoms with E-state index in [9.17, 15) is 9.59 Å². The lowest BCUT2D eigenvalue weighted by molar-refractivity contribution is 0.246. The van der Waals surface area contributed by atoms with Gasteiger partial charge in [-0.2, -0.15) is 4.99 Å². The predicted molar refractivity (Wildman–Crippen MR) is 87.7 cm³/mol. The molecular formula is C10H22N6O2S2. The first-order chi connectivity index (χ1) is 9.40. The van der Waals surface area contributed by atoms with E-state index in [1.54, 1.807) is 26.4 Å². The third-order valence-corrected chi connectivity index (χ3v) is 2.52. The fourth-order valence-electron chi connectivity index (χ4n) is 0.709. The van der Waals surface area contributed by atoms with Crippen molar-refractivity contribution in [3.63, 3.8) is 0 Å². The molecule has 0 saturated heterocycles. The van der Waals surface area contributed by atoms with E-state index in [0.29, 0.717) is 13.1 Å². The highest BCUT2D eigenvalue weighted by atomic mass is 32.2. The lowest BCUT2D eigenvalue weighted by atomic mass is 10.7. The van der Waals surface area contributed by atoms with Gasteiger partial charge in [0.15, 0.2) is 10.3 Å². The van der Waals surface area contributed by atoms with Gasteiger partial charge in [0.25, 0.3) is 0 Å². The van der Waals surface area contributed by atoms with Crippen LogP contribution in [-0.2, 0) is 0 Å². The number of rotatable bonds is 2. The second-order valence-corrected chi connectivity index (χ2v) is 4.65. The number of nitrogens with one attached hydrogen (secondary N) is 4. The summed E-state index contributed by atoms with van der Waals surface area (Å²) in [7, 11) is 0. The number of amides is 4. The SMILES string of the molecule is CCNC(=O)N=C(NC(=O)NCC)SC.CSC(=N)N. The Morgan fingerprint density at radius 1 is 1.15 bits per heavy atom. The molecule has 0 aliphatic heterocycles. The minimum atomic E-state index is -0.460. The van der Waals surface area contributed by atoms with Crippen LogP contribution in [-0.4, -0.2) is 48.0 Å². The Balaban J connectivity index is 0. The summed E-state index contributed by atoms with van der Waals surface area (Å²) in [5.41, 5.74) is 4.84. The van der Waals surface area contributed by atoms with Gasteiger partial charge in [0, 0.05) is 13.1 Å². The third kappa shape index (κ3) is 14.6. The summed E-state index contributed by atoms with van der Waals surface area (Å²) in [6, 6.07) is -0.825. The van der Waals surface area contributed by atoms with Crippen LogP contribution in [0.4, 0.5) is 9.59 Å². The first-order valence-corrected chi connectivity index (χ1v) is 8.19. The smallest absolute Gasteiger partial charge is 0.343 e. The van der Waals surface area contributed by atoms with Crippen molar-refractivity contribution in [2.24, 2.45) is 10.7 Å². The molecular weight excluding hydrogens is 300 g/mol. The molecule has 4 amide bonds. The summed E-state index contributed by atoms with van der Waals surface area (Å²) >= 11 is 2.44. The maximum absolute atomic E-state index is 11.1. The zero-order valence-electron chi connectivity index (χ0n) is 12.1. The molecule has 0 atom stereocenters. The summed E-state index contributed by atoms with van der Waals surface area (Å²) in [6.07, 6.45) is 3.49. The summed E-state index contributed by atoms with van der Waals surface area (Å²) in [4.78, 5) is 25.8. The highest BCUT2D eigenvalue weighted by Crippen LogP contribution is 1.95. The lowest BCUT2D eigenvalue weighted by Gasteiger charge is -2.06. The maximum Gasteiger partial charge on any atom is 0.343 e. The third-order valence-electron chi connectivity index (χ3n) is 1.50. The van der Waals surface area contributed by atoms with E-state index in [1.807, 2.05) is 0 Å². The first-order valence-electron chi connectivity index (χ1n) is 5.74. The fraction of sp³-hybridized carbons (Fsp3) is 0.600. The molecule has 0 aromatic rings. The number of aliphatic imine (C=N–C) groups is 1. The molecule has 10 heteroatoms. The zero-order valence-corrected chi connectivity index (χ0v) is 13.7. The van der Waals surface area contributed by atoms with Crippen molar-refractivity contribution >= 4 is 45.9 Å². The van der Waals surface area contributed by atoms with Gasteiger partial charge in [-0.25, -0.2) is 9.59 Å². The van der Waals surface area contributed by atoms with Crippen LogP contribution < -0.4 is 21.7 Å². The van der Waals surface area contributed by atoms with Crippen molar-refractivity contribution in [3.05, 3.63) is 0 Å². The van der Waals surface area contributed by atoms with Crippen LogP contribution in [0.15, 0.2) is 4.99 Å². The molecule has 6 N–H and O–H groups in total. The molecule has 116 valence electrons. The number of urea groups is 2. The van der Waals surface area contributed by atoms with Gasteiger partial charge in [-0.1, -0.05) is 23.5 Å². The quantitative estimate of drug-likeness (QED) is 0.382. The maximum atomic E-state index is 11.1. The van der Waals surface area contributed by atoms with E-state index >= 15 is 0 Å². The fourth-order valence-corrected chi connectivity index (χ4v) is 1.08. The monoisotopic (exact) mass is 322 g/mol. The number of nitrogens with zero attached hydrogens (tertiary/aromatic N) is 1. The number of amidine groups is 2. The van der Waals surface area contributed by atoms with Crippen LogP contribution in [0.2, 0.25) is 0 Å². The van der Waals surface area contributed by atoms with Crippen LogP contribution in [0, 0.1) is 5.41 Å². The van der Waals surface area contributed by atoms with Crippen molar-refractivity contribution in [2.75, 3.05) is 25.6 Å². The summed E-state index contributed by atoms with van der Waals surface area (Å²) < 4.78 is 0. The number of hydrogen-bond donors (Lipinski definition) is 5. The molecule has 0 heterocycles. The van der Waals surface area contributed by atoms with E-state index < -0.39 is 6.03 Å². The van der Waals surface area contributed by atoms with Crippen molar-refractivity contribution in [2.45, 2.75) is 13.8 Å². The van der Waals surface area contributed by atoms with Crippen molar-refractivity contribution in [3.8, 4) is 0 Å². The van der Waals surface area contributed by atoms with Crippen molar-refractivity contribution in [1.82, 2.24) is 16.0 Å². The van der Waals surface area contributed by atoms with E-state index in [-0.39, 0.29) is 16.4 Å². The Kier molecular flexibility index (Phi) is 14.6. The Bertz CT molecular complexity index is 349. The minimum absolute atomic E-state index is 0.171. The van der Waals surface area contributed by atoms with Crippen LogP contribution in [0.1, 0.15) is 13.8 Å². The first kappa shape index (κ1) is 20.9. The number of nitrogens with two attached hydrogens (primary N) is 1. The number of carbonyl (C=O) groups is 2. The molecule has 20 heavy (non-hydrogen) atoms. The van der Waals surface area contributed by atoms with E-state index in [2.05, 4.69) is 20.9 Å². The highest BCUT2D eigenvalue weighted by Gasteiger charge is 2.05. The van der Waals surface area contributed by atoms with E-state index in [0.717, 1.165) is 0 Å². The van der Waals surface area contributed by atoms with Crippen LogP contribution in [0.5, 0.6) is 0 Å². The Morgan fingerprint density at radius 2 is 1.65 bits per heavy atom. The van der Waals surface area contributed by atoms with Gasteiger partial charge in [-0.15, -0.1) is 0 Å². The number of carbonyl (C=O) groups excluding carboxylic acids is 2. The normalized spacial score (nSPS) is 9.90. The van der Waals surface area contributed by atoms with Crippen molar-refractivity contribution in [1.29, 1.82) is 5.41 Å². The predicted octanol–water partition coefficient (Wildman–Crippen LogP) is 0.997. The minimum Gasteiger partial charge on any atom is -0.379 e. The Labute approximate surface area is 127 Å². The molecule has 0 radical (unpaired) electrons. The molecule has 0 spiro atoms. The zero-order chi connectivity index (χ0) is 16.0. The second-order valence-electron chi connectivity index (χ2n) is 3.01. The largest absolute Gasteiger partial charge is 0.379 e. The Morgan fingerprint density at radius 3 is 2.00 bits per heavy atom. The van der Waals surface area contributed by atoms with Crippen LogP contribution >= 0.6 is 23.5 Å². The summed E-state index contributed by atoms with van der Waals surface area (Å²) in [5, 5.41) is 14.4. The molecule has 0 fully saturated rings. The molecule has 8 nitrogen and oxygen atoms in total. The molecule has 0 aromatic carbocycles. The highest BCUT2D eigenvalue weighted by molar-refractivity contribution is 8.13. The molecule has 0 bridgehead atoms. The van der Waals surface area contributed by atoms with Gasteiger partial charge in [0.05, 0.1) is 0 Å². The van der Waals surface area contributed by atoms with Gasteiger partial charge in [0.1, 0.15) is 0 Å². The topological polar surface area (TPSA) is 132 Å². The molecule has 0 aliphatic carbocycles. The number of thioether (sulfide) groups is 2.